The zero-order valence-electron chi connectivity index (χ0n) is 11.8. The second kappa shape index (κ2) is 5.88. The van der Waals surface area contributed by atoms with Crippen molar-refractivity contribution >= 4 is 11.6 Å². The van der Waals surface area contributed by atoms with Gasteiger partial charge in [-0.25, -0.2) is 0 Å². The molecule has 1 nitrogen and oxygen atoms in total. The minimum absolute atomic E-state index is 0.526. The molecule has 0 aromatic heterocycles. The van der Waals surface area contributed by atoms with Crippen LogP contribution in [0.2, 0.25) is 5.02 Å². The van der Waals surface area contributed by atoms with Crippen LogP contribution in [0, 0.1) is 6.92 Å². The van der Waals surface area contributed by atoms with Crippen LogP contribution in [0.1, 0.15) is 35.1 Å². The third-order valence-electron chi connectivity index (χ3n) is 3.92. The summed E-state index contributed by atoms with van der Waals surface area (Å²) in [5.74, 6) is 0.947. The SMILES string of the molecule is Cc1ccc(COc2ccc3c(c2)CCCC3)c(Cl)c1. The molecule has 0 unspecified atom stereocenters. The molecule has 2 aromatic carbocycles. The number of aryl methyl sites for hydroxylation is 3. The Bertz CT molecular complexity index is 619. The summed E-state index contributed by atoms with van der Waals surface area (Å²) in [6.07, 6.45) is 4.99. The van der Waals surface area contributed by atoms with E-state index in [-0.39, 0.29) is 0 Å². The summed E-state index contributed by atoms with van der Waals surface area (Å²) >= 11 is 6.23. The maximum atomic E-state index is 6.23. The van der Waals surface area contributed by atoms with Gasteiger partial charge in [-0.3, -0.25) is 0 Å². The summed E-state index contributed by atoms with van der Waals surface area (Å²) < 4.78 is 5.89. The predicted octanol–water partition coefficient (Wildman–Crippen LogP) is 5.11. The van der Waals surface area contributed by atoms with Gasteiger partial charge in [0.25, 0.3) is 0 Å². The van der Waals surface area contributed by atoms with Crippen molar-refractivity contribution in [3.63, 3.8) is 0 Å². The number of benzene rings is 2. The Morgan fingerprint density at radius 1 is 1.00 bits per heavy atom. The van der Waals surface area contributed by atoms with Crippen LogP contribution in [0.25, 0.3) is 0 Å². The molecule has 0 heterocycles. The third kappa shape index (κ3) is 2.99. The number of fused-ring (bicyclic) bond motifs is 1. The first-order chi connectivity index (χ1) is 9.72. The van der Waals surface area contributed by atoms with Gasteiger partial charge >= 0.3 is 0 Å². The fourth-order valence-corrected chi connectivity index (χ4v) is 3.02. The average molecular weight is 287 g/mol. The van der Waals surface area contributed by atoms with E-state index in [9.17, 15) is 0 Å². The van der Waals surface area contributed by atoms with Gasteiger partial charge in [0.1, 0.15) is 12.4 Å². The maximum Gasteiger partial charge on any atom is 0.120 e. The van der Waals surface area contributed by atoms with Crippen LogP contribution in [0.15, 0.2) is 36.4 Å². The van der Waals surface area contributed by atoms with E-state index in [1.807, 2.05) is 19.1 Å². The molecule has 0 aliphatic heterocycles. The Kier molecular flexibility index (Phi) is 3.98. The fourth-order valence-electron chi connectivity index (χ4n) is 2.73. The number of halogens is 1. The van der Waals surface area contributed by atoms with E-state index in [0.29, 0.717) is 6.61 Å². The first kappa shape index (κ1) is 13.5. The van der Waals surface area contributed by atoms with E-state index in [4.69, 9.17) is 16.3 Å². The highest BCUT2D eigenvalue weighted by Crippen LogP contribution is 2.26. The van der Waals surface area contributed by atoms with Gasteiger partial charge in [-0.15, -0.1) is 0 Å². The van der Waals surface area contributed by atoms with Crippen LogP contribution in [-0.2, 0) is 19.4 Å². The van der Waals surface area contributed by atoms with E-state index < -0.39 is 0 Å². The lowest BCUT2D eigenvalue weighted by Gasteiger charge is -2.17. The Morgan fingerprint density at radius 3 is 2.60 bits per heavy atom. The van der Waals surface area contributed by atoms with Crippen molar-refractivity contribution < 1.29 is 4.74 Å². The molecule has 0 radical (unpaired) electrons. The van der Waals surface area contributed by atoms with Crippen molar-refractivity contribution in [1.29, 1.82) is 0 Å². The molecule has 0 fully saturated rings. The van der Waals surface area contributed by atoms with Crippen LogP contribution in [0.4, 0.5) is 0 Å². The molecule has 0 atom stereocenters. The molecule has 1 aliphatic rings. The summed E-state index contributed by atoms with van der Waals surface area (Å²) in [5.41, 5.74) is 5.14. The van der Waals surface area contributed by atoms with Crippen molar-refractivity contribution in [2.45, 2.75) is 39.2 Å². The topological polar surface area (TPSA) is 9.23 Å². The minimum atomic E-state index is 0.526. The quantitative estimate of drug-likeness (QED) is 0.762. The monoisotopic (exact) mass is 286 g/mol. The summed E-state index contributed by atoms with van der Waals surface area (Å²) in [7, 11) is 0. The van der Waals surface area contributed by atoms with Gasteiger partial charge in [0.05, 0.1) is 0 Å². The molecular weight excluding hydrogens is 268 g/mol. The van der Waals surface area contributed by atoms with E-state index in [2.05, 4.69) is 24.3 Å². The molecule has 0 amide bonds. The molecular formula is C18H19ClO. The molecule has 0 saturated carbocycles. The van der Waals surface area contributed by atoms with E-state index >= 15 is 0 Å². The first-order valence-corrected chi connectivity index (χ1v) is 7.60. The molecule has 0 spiro atoms. The highest BCUT2D eigenvalue weighted by Gasteiger charge is 2.10. The average Bonchev–Trinajstić information content (AvgIpc) is 2.46. The minimum Gasteiger partial charge on any atom is -0.489 e. The maximum absolute atomic E-state index is 6.23. The van der Waals surface area contributed by atoms with Crippen molar-refractivity contribution in [3.05, 3.63) is 63.7 Å². The van der Waals surface area contributed by atoms with Gasteiger partial charge < -0.3 is 4.74 Å². The molecule has 2 heteroatoms. The van der Waals surface area contributed by atoms with Crippen LogP contribution >= 0.6 is 11.6 Å². The summed E-state index contributed by atoms with van der Waals surface area (Å²) in [4.78, 5) is 0. The molecule has 2 aromatic rings. The van der Waals surface area contributed by atoms with Crippen LogP contribution in [0.5, 0.6) is 5.75 Å². The lowest BCUT2D eigenvalue weighted by atomic mass is 9.92. The molecule has 1 aliphatic carbocycles. The summed E-state index contributed by atoms with van der Waals surface area (Å²) in [6.45, 7) is 2.57. The molecule has 0 bridgehead atoms. The van der Waals surface area contributed by atoms with Gasteiger partial charge in [-0.2, -0.15) is 0 Å². The van der Waals surface area contributed by atoms with Crippen LogP contribution in [0.3, 0.4) is 0 Å². The van der Waals surface area contributed by atoms with Gasteiger partial charge in [0.15, 0.2) is 0 Å². The van der Waals surface area contributed by atoms with Gasteiger partial charge in [-0.1, -0.05) is 29.8 Å². The smallest absolute Gasteiger partial charge is 0.120 e. The Hall–Kier alpha value is -1.47. The number of ether oxygens (including phenoxy) is 1. The second-order valence-corrected chi connectivity index (χ2v) is 5.93. The van der Waals surface area contributed by atoms with Crippen LogP contribution < -0.4 is 4.74 Å². The van der Waals surface area contributed by atoms with Crippen LogP contribution in [-0.4, -0.2) is 0 Å². The second-order valence-electron chi connectivity index (χ2n) is 5.52. The van der Waals surface area contributed by atoms with E-state index in [1.54, 1.807) is 0 Å². The lowest BCUT2D eigenvalue weighted by molar-refractivity contribution is 0.305. The summed E-state index contributed by atoms with van der Waals surface area (Å²) in [5, 5.41) is 0.781. The zero-order valence-corrected chi connectivity index (χ0v) is 12.5. The number of rotatable bonds is 3. The highest BCUT2D eigenvalue weighted by atomic mass is 35.5. The fraction of sp³-hybridized carbons (Fsp3) is 0.333. The van der Waals surface area contributed by atoms with Crippen molar-refractivity contribution in [2.75, 3.05) is 0 Å². The summed E-state index contributed by atoms with van der Waals surface area (Å²) in [6, 6.07) is 12.6. The number of hydrogen-bond donors (Lipinski definition) is 0. The molecule has 0 N–H and O–H groups in total. The molecule has 3 rings (SSSR count). The lowest BCUT2D eigenvalue weighted by Crippen LogP contribution is -2.03. The van der Waals surface area contributed by atoms with Gasteiger partial charge in [-0.05, 0) is 67.5 Å². The van der Waals surface area contributed by atoms with E-state index in [1.165, 1.54) is 42.4 Å². The van der Waals surface area contributed by atoms with Crippen molar-refractivity contribution in [1.82, 2.24) is 0 Å². The van der Waals surface area contributed by atoms with Gasteiger partial charge in [0.2, 0.25) is 0 Å². The Balaban J connectivity index is 1.72. The molecule has 0 saturated heterocycles. The molecule has 104 valence electrons. The number of hydrogen-bond acceptors (Lipinski definition) is 1. The Morgan fingerprint density at radius 2 is 1.80 bits per heavy atom. The third-order valence-corrected chi connectivity index (χ3v) is 4.27. The standard InChI is InChI=1S/C18H19ClO/c1-13-6-7-16(18(19)10-13)12-20-17-9-8-14-4-2-3-5-15(14)11-17/h6-11H,2-5,12H2,1H3. The first-order valence-electron chi connectivity index (χ1n) is 7.22. The predicted molar refractivity (Wildman–Crippen MR) is 83.6 cm³/mol. The van der Waals surface area contributed by atoms with Crippen molar-refractivity contribution in [3.8, 4) is 5.75 Å². The zero-order chi connectivity index (χ0) is 13.9. The van der Waals surface area contributed by atoms with Gasteiger partial charge in [0, 0.05) is 10.6 Å². The normalized spacial score (nSPS) is 13.9. The Labute approximate surface area is 125 Å². The molecule has 20 heavy (non-hydrogen) atoms. The van der Waals surface area contributed by atoms with E-state index in [0.717, 1.165) is 16.3 Å². The largest absolute Gasteiger partial charge is 0.489 e. The van der Waals surface area contributed by atoms with Crippen molar-refractivity contribution in [2.24, 2.45) is 0 Å². The highest BCUT2D eigenvalue weighted by molar-refractivity contribution is 6.31.